The second-order valence-electron chi connectivity index (χ2n) is 9.88. The third kappa shape index (κ3) is 7.28. The van der Waals surface area contributed by atoms with E-state index in [1.54, 1.807) is 0 Å². The molecule has 0 unspecified atom stereocenters. The van der Waals surface area contributed by atoms with Crippen molar-refractivity contribution in [1.82, 2.24) is 4.90 Å². The van der Waals surface area contributed by atoms with Gasteiger partial charge in [-0.3, -0.25) is 4.90 Å². The molecule has 0 bridgehead atoms. The van der Waals surface area contributed by atoms with Crippen molar-refractivity contribution in [2.75, 3.05) is 6.61 Å². The molecule has 200 valence electrons. The third-order valence-electron chi connectivity index (χ3n) is 7.17. The molecular weight excluding hydrogens is 486 g/mol. The summed E-state index contributed by atoms with van der Waals surface area (Å²) >= 11 is 0. The highest BCUT2D eigenvalue weighted by molar-refractivity contribution is 5.60. The first-order chi connectivity index (χ1) is 19.3. The number of nitrogens with zero attached hydrogens (tertiary/aromatic N) is 1. The van der Waals surface area contributed by atoms with Gasteiger partial charge in [-0.05, 0) is 22.3 Å². The molecule has 0 radical (unpaired) electrons. The minimum absolute atomic E-state index is 0.173. The molecule has 5 nitrogen and oxygen atoms in total. The molecule has 0 aromatic heterocycles. The predicted octanol–water partition coefficient (Wildman–Crippen LogP) is 5.83. The van der Waals surface area contributed by atoms with E-state index in [0.717, 1.165) is 28.5 Å². The Hall–Kier alpha value is -3.61. The monoisotopic (exact) mass is 521 g/mol. The van der Waals surface area contributed by atoms with Crippen LogP contribution in [0, 0.1) is 0 Å². The molecule has 4 atom stereocenters. The SMILES string of the molecule is O=C[C@@H]1[C@@H](OCc2ccccc2)[C@@H](OCc2ccccc2)[C@H](COCc2ccccc2)N1Cc1ccccc1. The standard InChI is InChI=1S/C34H35NO4/c36-22-31-33(38-24-29-17-9-3-10-18-29)34(39-25-30-19-11-4-12-20-30)32(26-37-23-28-15-7-2-8-16-28)35(31)21-27-13-5-1-6-14-27/h1-20,22,31-34H,21,23-26H2/t31-,32+,33-,34+/m1/s1. The van der Waals surface area contributed by atoms with E-state index in [1.807, 2.05) is 84.9 Å². The van der Waals surface area contributed by atoms with E-state index in [0.29, 0.717) is 33.0 Å². The lowest BCUT2D eigenvalue weighted by molar-refractivity contribution is -0.119. The van der Waals surface area contributed by atoms with E-state index in [2.05, 4.69) is 41.3 Å². The van der Waals surface area contributed by atoms with Crippen LogP contribution in [0.2, 0.25) is 0 Å². The number of likely N-dealkylation sites (tertiary alicyclic amines) is 1. The van der Waals surface area contributed by atoms with Gasteiger partial charge < -0.3 is 19.0 Å². The van der Waals surface area contributed by atoms with Crippen LogP contribution in [0.3, 0.4) is 0 Å². The van der Waals surface area contributed by atoms with Crippen molar-refractivity contribution in [3.05, 3.63) is 144 Å². The van der Waals surface area contributed by atoms with Gasteiger partial charge in [-0.25, -0.2) is 0 Å². The summed E-state index contributed by atoms with van der Waals surface area (Å²) in [6.45, 7) is 2.33. The Kier molecular flexibility index (Phi) is 9.66. The van der Waals surface area contributed by atoms with Gasteiger partial charge in [0.1, 0.15) is 18.5 Å². The van der Waals surface area contributed by atoms with Gasteiger partial charge in [-0.1, -0.05) is 121 Å². The number of hydrogen-bond acceptors (Lipinski definition) is 5. The average molecular weight is 522 g/mol. The molecule has 1 aliphatic rings. The number of rotatable bonds is 13. The number of carbonyl (C=O) groups is 1. The summed E-state index contributed by atoms with van der Waals surface area (Å²) in [4.78, 5) is 14.9. The number of ether oxygens (including phenoxy) is 3. The molecule has 0 saturated carbocycles. The van der Waals surface area contributed by atoms with Gasteiger partial charge in [0, 0.05) is 6.54 Å². The molecule has 5 rings (SSSR count). The highest BCUT2D eigenvalue weighted by Gasteiger charge is 2.50. The van der Waals surface area contributed by atoms with E-state index in [4.69, 9.17) is 14.2 Å². The Morgan fingerprint density at radius 3 is 1.49 bits per heavy atom. The predicted molar refractivity (Wildman–Crippen MR) is 152 cm³/mol. The van der Waals surface area contributed by atoms with Crippen LogP contribution in [0.1, 0.15) is 22.3 Å². The van der Waals surface area contributed by atoms with E-state index in [-0.39, 0.29) is 12.1 Å². The summed E-state index contributed by atoms with van der Waals surface area (Å²) < 4.78 is 19.4. The Morgan fingerprint density at radius 2 is 1.00 bits per heavy atom. The smallest absolute Gasteiger partial charge is 0.139 e. The van der Waals surface area contributed by atoms with Gasteiger partial charge >= 0.3 is 0 Å². The lowest BCUT2D eigenvalue weighted by atomic mass is 10.1. The fraction of sp³-hybridized carbons (Fsp3) is 0.265. The van der Waals surface area contributed by atoms with Gasteiger partial charge in [-0.2, -0.15) is 0 Å². The van der Waals surface area contributed by atoms with Crippen LogP contribution >= 0.6 is 0 Å². The molecule has 4 aromatic rings. The van der Waals surface area contributed by atoms with Gasteiger partial charge in [0.2, 0.25) is 0 Å². The molecular formula is C34H35NO4. The molecule has 1 saturated heterocycles. The maximum absolute atomic E-state index is 12.7. The quantitative estimate of drug-likeness (QED) is 0.207. The zero-order valence-electron chi connectivity index (χ0n) is 22.0. The summed E-state index contributed by atoms with van der Waals surface area (Å²) in [7, 11) is 0. The molecule has 1 heterocycles. The van der Waals surface area contributed by atoms with Crippen LogP contribution < -0.4 is 0 Å². The second kappa shape index (κ2) is 14.0. The Morgan fingerprint density at radius 1 is 0.564 bits per heavy atom. The molecule has 0 spiro atoms. The first kappa shape index (κ1) is 27.0. The number of hydrogen-bond donors (Lipinski definition) is 0. The third-order valence-corrected chi connectivity index (χ3v) is 7.17. The molecule has 5 heteroatoms. The zero-order chi connectivity index (χ0) is 26.7. The van der Waals surface area contributed by atoms with Crippen LogP contribution in [0.15, 0.2) is 121 Å². The largest absolute Gasteiger partial charge is 0.375 e. The Labute approximate surface area is 231 Å². The van der Waals surface area contributed by atoms with Gasteiger partial charge in [0.05, 0.1) is 38.5 Å². The van der Waals surface area contributed by atoms with Crippen molar-refractivity contribution >= 4 is 6.29 Å². The Balaban J connectivity index is 1.41. The van der Waals surface area contributed by atoms with Crippen LogP contribution in [0.25, 0.3) is 0 Å². The van der Waals surface area contributed by atoms with E-state index in [9.17, 15) is 4.79 Å². The van der Waals surface area contributed by atoms with Crippen LogP contribution in [0.5, 0.6) is 0 Å². The highest BCUT2D eigenvalue weighted by Crippen LogP contribution is 2.32. The maximum atomic E-state index is 12.7. The normalized spacial score (nSPS) is 21.1. The minimum atomic E-state index is -0.472. The summed E-state index contributed by atoms with van der Waals surface area (Å²) in [5, 5.41) is 0. The maximum Gasteiger partial charge on any atom is 0.139 e. The molecule has 39 heavy (non-hydrogen) atoms. The summed E-state index contributed by atoms with van der Waals surface area (Å²) in [6, 6.07) is 39.9. The molecule has 1 aliphatic heterocycles. The summed E-state index contributed by atoms with van der Waals surface area (Å²) in [5.41, 5.74) is 4.37. The molecule has 0 aliphatic carbocycles. The van der Waals surface area contributed by atoms with Gasteiger partial charge in [0.15, 0.2) is 0 Å². The van der Waals surface area contributed by atoms with Crippen molar-refractivity contribution < 1.29 is 19.0 Å². The highest BCUT2D eigenvalue weighted by atomic mass is 16.5. The molecule has 0 amide bonds. The van der Waals surface area contributed by atoms with E-state index >= 15 is 0 Å². The van der Waals surface area contributed by atoms with E-state index < -0.39 is 12.1 Å². The Bertz CT molecular complexity index is 1250. The van der Waals surface area contributed by atoms with Crippen molar-refractivity contribution in [2.45, 2.75) is 50.7 Å². The van der Waals surface area contributed by atoms with E-state index in [1.165, 1.54) is 0 Å². The molecule has 4 aromatic carbocycles. The molecule has 1 fully saturated rings. The first-order valence-electron chi connectivity index (χ1n) is 13.5. The van der Waals surface area contributed by atoms with Crippen LogP contribution in [0.4, 0.5) is 0 Å². The second-order valence-corrected chi connectivity index (χ2v) is 9.88. The number of benzene rings is 4. The van der Waals surface area contributed by atoms with Crippen LogP contribution in [-0.4, -0.2) is 42.1 Å². The van der Waals surface area contributed by atoms with Crippen molar-refractivity contribution in [2.24, 2.45) is 0 Å². The lowest BCUT2D eigenvalue weighted by Crippen LogP contribution is -2.42. The van der Waals surface area contributed by atoms with Crippen molar-refractivity contribution in [3.63, 3.8) is 0 Å². The minimum Gasteiger partial charge on any atom is -0.375 e. The lowest BCUT2D eigenvalue weighted by Gasteiger charge is -2.29. The van der Waals surface area contributed by atoms with Gasteiger partial charge in [-0.15, -0.1) is 0 Å². The molecule has 0 N–H and O–H groups in total. The topological polar surface area (TPSA) is 48.0 Å². The summed E-state index contributed by atoms with van der Waals surface area (Å²) in [6.07, 6.45) is 0.207. The number of aldehydes is 1. The zero-order valence-corrected chi connectivity index (χ0v) is 22.0. The van der Waals surface area contributed by atoms with Crippen LogP contribution in [-0.2, 0) is 45.4 Å². The average Bonchev–Trinajstić information content (AvgIpc) is 3.27. The van der Waals surface area contributed by atoms with Gasteiger partial charge in [0.25, 0.3) is 0 Å². The fourth-order valence-corrected chi connectivity index (χ4v) is 5.18. The van der Waals surface area contributed by atoms with Crippen molar-refractivity contribution in [1.29, 1.82) is 0 Å². The van der Waals surface area contributed by atoms with Crippen molar-refractivity contribution in [3.8, 4) is 0 Å². The first-order valence-corrected chi connectivity index (χ1v) is 13.5. The fourth-order valence-electron chi connectivity index (χ4n) is 5.18. The number of carbonyl (C=O) groups excluding carboxylic acids is 1. The summed E-state index contributed by atoms with van der Waals surface area (Å²) in [5.74, 6) is 0.